The molecule has 0 radical (unpaired) electrons. The molecule has 1 N–H and O–H groups in total. The van der Waals surface area contributed by atoms with Gasteiger partial charge >= 0.3 is 0 Å². The standard InChI is InChI=1S/C23H25N3O5S2/c1-30-20-11-8-17(14-21(20)31-2)19-15-32-23(24-19)25-22(27)16-6-9-18(10-7-16)33(28,29)26-12-4-3-5-13-26/h6-11,14-15H,3-5,12-13H2,1-2H3,(H,24,25,27). The topological polar surface area (TPSA) is 97.8 Å². The van der Waals surface area contributed by atoms with Crippen molar-refractivity contribution >= 4 is 32.4 Å². The molecule has 4 rings (SSSR count). The summed E-state index contributed by atoms with van der Waals surface area (Å²) in [5.74, 6) is 0.856. The molecule has 0 atom stereocenters. The number of carbonyl (C=O) groups is 1. The molecular formula is C23H25N3O5S2. The lowest BCUT2D eigenvalue weighted by Crippen LogP contribution is -2.35. The van der Waals surface area contributed by atoms with Crippen LogP contribution in [0.25, 0.3) is 11.3 Å². The molecule has 33 heavy (non-hydrogen) atoms. The zero-order valence-corrected chi connectivity index (χ0v) is 20.0. The molecule has 1 amide bonds. The summed E-state index contributed by atoms with van der Waals surface area (Å²) in [6.45, 7) is 1.08. The highest BCUT2D eigenvalue weighted by molar-refractivity contribution is 7.89. The maximum absolute atomic E-state index is 12.8. The van der Waals surface area contributed by atoms with E-state index in [4.69, 9.17) is 9.47 Å². The number of thiazole rings is 1. The van der Waals surface area contributed by atoms with Gasteiger partial charge in [0.05, 0.1) is 24.8 Å². The molecule has 1 aliphatic heterocycles. The molecule has 1 fully saturated rings. The number of benzene rings is 2. The van der Waals surface area contributed by atoms with E-state index in [-0.39, 0.29) is 10.8 Å². The van der Waals surface area contributed by atoms with Crippen molar-refractivity contribution in [2.45, 2.75) is 24.2 Å². The molecule has 8 nitrogen and oxygen atoms in total. The summed E-state index contributed by atoms with van der Waals surface area (Å²) >= 11 is 1.30. The molecule has 2 aromatic carbocycles. The SMILES string of the molecule is COc1ccc(-c2csc(NC(=O)c3ccc(S(=O)(=O)N4CCCCC4)cc3)n2)cc1OC. The van der Waals surface area contributed by atoms with E-state index in [0.29, 0.717) is 41.0 Å². The van der Waals surface area contributed by atoms with Gasteiger partial charge in [-0.1, -0.05) is 6.42 Å². The number of sulfonamides is 1. The van der Waals surface area contributed by atoms with Crippen LogP contribution in [0.5, 0.6) is 11.5 Å². The second kappa shape index (κ2) is 9.90. The number of hydrogen-bond acceptors (Lipinski definition) is 7. The lowest BCUT2D eigenvalue weighted by molar-refractivity contribution is 0.102. The molecule has 2 heterocycles. The quantitative estimate of drug-likeness (QED) is 0.535. The Bertz CT molecular complexity index is 1230. The summed E-state index contributed by atoms with van der Waals surface area (Å²) in [6.07, 6.45) is 2.80. The Balaban J connectivity index is 1.45. The minimum absolute atomic E-state index is 0.200. The van der Waals surface area contributed by atoms with Gasteiger partial charge in [-0.2, -0.15) is 4.31 Å². The number of nitrogens with zero attached hydrogens (tertiary/aromatic N) is 2. The van der Waals surface area contributed by atoms with E-state index < -0.39 is 10.0 Å². The van der Waals surface area contributed by atoms with Crippen molar-refractivity contribution in [3.8, 4) is 22.8 Å². The van der Waals surface area contributed by atoms with Crippen molar-refractivity contribution in [2.24, 2.45) is 0 Å². The summed E-state index contributed by atoms with van der Waals surface area (Å²) < 4.78 is 37.7. The van der Waals surface area contributed by atoms with Crippen LogP contribution in [-0.2, 0) is 10.0 Å². The summed E-state index contributed by atoms with van der Waals surface area (Å²) in [5.41, 5.74) is 1.88. The molecule has 0 bridgehead atoms. The van der Waals surface area contributed by atoms with E-state index >= 15 is 0 Å². The smallest absolute Gasteiger partial charge is 0.257 e. The maximum Gasteiger partial charge on any atom is 0.257 e. The second-order valence-electron chi connectivity index (χ2n) is 7.55. The minimum Gasteiger partial charge on any atom is -0.493 e. The molecule has 1 aromatic heterocycles. The Labute approximate surface area is 197 Å². The van der Waals surface area contributed by atoms with Crippen LogP contribution in [0.3, 0.4) is 0 Å². The Morgan fingerprint density at radius 2 is 1.70 bits per heavy atom. The zero-order valence-electron chi connectivity index (χ0n) is 18.4. The van der Waals surface area contributed by atoms with Gasteiger partial charge in [0, 0.05) is 29.6 Å². The molecule has 0 saturated carbocycles. The number of hydrogen-bond donors (Lipinski definition) is 1. The molecule has 3 aromatic rings. The number of ether oxygens (including phenoxy) is 2. The molecule has 1 saturated heterocycles. The Morgan fingerprint density at radius 3 is 2.36 bits per heavy atom. The fourth-order valence-electron chi connectivity index (χ4n) is 3.66. The van der Waals surface area contributed by atoms with Gasteiger partial charge in [-0.25, -0.2) is 13.4 Å². The molecule has 10 heteroatoms. The summed E-state index contributed by atoms with van der Waals surface area (Å²) in [5, 5.41) is 5.05. The molecule has 0 unspecified atom stereocenters. The minimum atomic E-state index is -3.53. The number of carbonyl (C=O) groups excluding carboxylic acids is 1. The van der Waals surface area contributed by atoms with E-state index in [0.717, 1.165) is 24.8 Å². The highest BCUT2D eigenvalue weighted by Crippen LogP contribution is 2.33. The molecular weight excluding hydrogens is 462 g/mol. The summed E-state index contributed by atoms with van der Waals surface area (Å²) in [7, 11) is -0.389. The van der Waals surface area contributed by atoms with Gasteiger partial charge in [-0.15, -0.1) is 11.3 Å². The zero-order chi connectivity index (χ0) is 23.4. The third-order valence-corrected chi connectivity index (χ3v) is 8.14. The second-order valence-corrected chi connectivity index (χ2v) is 10.3. The van der Waals surface area contributed by atoms with Crippen LogP contribution in [-0.4, -0.2) is 50.9 Å². The van der Waals surface area contributed by atoms with E-state index in [1.165, 1.54) is 39.9 Å². The van der Waals surface area contributed by atoms with Crippen molar-refractivity contribution in [3.63, 3.8) is 0 Å². The van der Waals surface area contributed by atoms with Crippen LogP contribution in [0.4, 0.5) is 5.13 Å². The maximum atomic E-state index is 12.8. The van der Waals surface area contributed by atoms with E-state index in [9.17, 15) is 13.2 Å². The number of rotatable bonds is 7. The van der Waals surface area contributed by atoms with E-state index in [2.05, 4.69) is 10.3 Å². The average molecular weight is 488 g/mol. The van der Waals surface area contributed by atoms with Crippen molar-refractivity contribution in [1.82, 2.24) is 9.29 Å². The van der Waals surface area contributed by atoms with Gasteiger partial charge in [-0.3, -0.25) is 10.1 Å². The number of methoxy groups -OCH3 is 2. The monoisotopic (exact) mass is 487 g/mol. The molecule has 1 aliphatic rings. The number of nitrogens with one attached hydrogen (secondary N) is 1. The third kappa shape index (κ3) is 5.02. The van der Waals surface area contributed by atoms with E-state index in [1.54, 1.807) is 20.3 Å². The number of amides is 1. The first-order chi connectivity index (χ1) is 15.9. The molecule has 0 aliphatic carbocycles. The molecule has 0 spiro atoms. The van der Waals surface area contributed by atoms with Crippen molar-refractivity contribution in [2.75, 3.05) is 32.6 Å². The average Bonchev–Trinajstić information content (AvgIpc) is 3.32. The van der Waals surface area contributed by atoms with Gasteiger partial charge in [-0.05, 0) is 55.3 Å². The lowest BCUT2D eigenvalue weighted by atomic mass is 10.1. The largest absolute Gasteiger partial charge is 0.493 e. The van der Waals surface area contributed by atoms with Crippen LogP contribution >= 0.6 is 11.3 Å². The van der Waals surface area contributed by atoms with E-state index in [1.807, 2.05) is 17.5 Å². The van der Waals surface area contributed by atoms with Gasteiger partial charge in [0.1, 0.15) is 0 Å². The normalized spacial score (nSPS) is 14.6. The van der Waals surface area contributed by atoms with Crippen molar-refractivity contribution in [1.29, 1.82) is 0 Å². The fraction of sp³-hybridized carbons (Fsp3) is 0.304. The number of anilines is 1. The summed E-state index contributed by atoms with van der Waals surface area (Å²) in [6, 6.07) is 11.5. The first kappa shape index (κ1) is 23.2. The van der Waals surface area contributed by atoms with Gasteiger partial charge < -0.3 is 9.47 Å². The van der Waals surface area contributed by atoms with Gasteiger partial charge in [0.2, 0.25) is 10.0 Å². The molecule has 174 valence electrons. The predicted molar refractivity (Wildman–Crippen MR) is 128 cm³/mol. The van der Waals surface area contributed by atoms with Crippen LogP contribution < -0.4 is 14.8 Å². The van der Waals surface area contributed by atoms with Gasteiger partial charge in [0.15, 0.2) is 16.6 Å². The number of aromatic nitrogens is 1. The highest BCUT2D eigenvalue weighted by atomic mass is 32.2. The van der Waals surface area contributed by atoms with Crippen LogP contribution in [0.2, 0.25) is 0 Å². The Hall–Kier alpha value is -2.95. The third-order valence-electron chi connectivity index (χ3n) is 5.47. The van der Waals surface area contributed by atoms with Crippen molar-refractivity contribution < 1.29 is 22.7 Å². The fourth-order valence-corrected chi connectivity index (χ4v) is 5.89. The van der Waals surface area contributed by atoms with Crippen molar-refractivity contribution in [3.05, 3.63) is 53.4 Å². The first-order valence-electron chi connectivity index (χ1n) is 10.5. The van der Waals surface area contributed by atoms with Crippen LogP contribution in [0.1, 0.15) is 29.6 Å². The van der Waals surface area contributed by atoms with Gasteiger partial charge in [0.25, 0.3) is 5.91 Å². The number of piperidine rings is 1. The predicted octanol–water partition coefficient (Wildman–Crippen LogP) is 4.25. The lowest BCUT2D eigenvalue weighted by Gasteiger charge is -2.25. The first-order valence-corrected chi connectivity index (χ1v) is 12.8. The summed E-state index contributed by atoms with van der Waals surface area (Å²) in [4.78, 5) is 17.3. The van der Waals surface area contributed by atoms with Crippen LogP contribution in [0, 0.1) is 0 Å². The van der Waals surface area contributed by atoms with Crippen LogP contribution in [0.15, 0.2) is 52.7 Å². The Morgan fingerprint density at radius 1 is 1.00 bits per heavy atom. The highest BCUT2D eigenvalue weighted by Gasteiger charge is 2.26. The Kier molecular flexibility index (Phi) is 6.96.